The van der Waals surface area contributed by atoms with Gasteiger partial charge in [0.25, 0.3) is 0 Å². The van der Waals surface area contributed by atoms with Crippen molar-refractivity contribution in [2.45, 2.75) is 133 Å². The summed E-state index contributed by atoms with van der Waals surface area (Å²) in [5, 5.41) is 0. The molecule has 0 radical (unpaired) electrons. The molecule has 2 bridgehead atoms. The molecule has 2 saturated carbocycles. The molecule has 3 aliphatic carbocycles. The lowest BCUT2D eigenvalue weighted by Crippen LogP contribution is -2.69. The number of unbranched alkanes of at least 4 members (excludes halogenated alkanes) is 2. The van der Waals surface area contributed by atoms with E-state index in [-0.39, 0.29) is 23.3 Å². The minimum Gasteiger partial charge on any atom is -0.493 e. The number of likely N-dealkylation sites (tertiary alicyclic amines) is 1. The second kappa shape index (κ2) is 14.3. The average molecular weight is 641 g/mol. The Hall–Kier alpha value is -2.86. The highest BCUT2D eigenvalue weighted by molar-refractivity contribution is 5.78. The average Bonchev–Trinajstić information content (AvgIpc) is 3.44. The molecule has 2 aromatic carbocycles. The first kappa shape index (κ1) is 32.7. The number of hydrogen-bond donors (Lipinski definition) is 0. The molecule has 0 unspecified atom stereocenters. The molecule has 47 heavy (non-hydrogen) atoms. The predicted molar refractivity (Wildman–Crippen MR) is 186 cm³/mol. The minimum atomic E-state index is -0.137. The number of methoxy groups -OCH3 is 1. The quantitative estimate of drug-likeness (QED) is 0.198. The molecule has 5 aliphatic rings. The van der Waals surface area contributed by atoms with Crippen molar-refractivity contribution in [1.82, 2.24) is 9.80 Å². The van der Waals surface area contributed by atoms with Crippen LogP contribution in [0.5, 0.6) is 11.5 Å². The Morgan fingerprint density at radius 2 is 1.81 bits per heavy atom. The molecular formula is C41H56N2O4. The van der Waals surface area contributed by atoms with Crippen LogP contribution in [0.1, 0.15) is 114 Å². The molecule has 0 aromatic heterocycles. The lowest BCUT2D eigenvalue weighted by Gasteiger charge is -2.60. The van der Waals surface area contributed by atoms with Crippen LogP contribution in [0.3, 0.4) is 0 Å². The van der Waals surface area contributed by atoms with Gasteiger partial charge in [-0.2, -0.15) is 0 Å². The molecule has 7 rings (SSSR count). The maximum absolute atomic E-state index is 14.3. The van der Waals surface area contributed by atoms with Gasteiger partial charge in [0.05, 0.1) is 19.7 Å². The van der Waals surface area contributed by atoms with Crippen molar-refractivity contribution in [2.24, 2.45) is 11.8 Å². The van der Waals surface area contributed by atoms with E-state index in [1.807, 2.05) is 0 Å². The maximum Gasteiger partial charge on any atom is 0.222 e. The van der Waals surface area contributed by atoms with Crippen LogP contribution in [0.25, 0.3) is 0 Å². The van der Waals surface area contributed by atoms with Crippen molar-refractivity contribution in [3.63, 3.8) is 0 Å². The van der Waals surface area contributed by atoms with Crippen LogP contribution >= 0.6 is 0 Å². The Balaban J connectivity index is 1.13. The summed E-state index contributed by atoms with van der Waals surface area (Å²) in [5.41, 5.74) is 3.94. The summed E-state index contributed by atoms with van der Waals surface area (Å²) in [6, 6.07) is 15.4. The molecule has 6 heteroatoms. The summed E-state index contributed by atoms with van der Waals surface area (Å²) < 4.78 is 13.0. The van der Waals surface area contributed by atoms with Crippen molar-refractivity contribution in [2.75, 3.05) is 26.7 Å². The Morgan fingerprint density at radius 3 is 2.60 bits per heavy atom. The van der Waals surface area contributed by atoms with Crippen molar-refractivity contribution < 1.29 is 19.1 Å². The molecule has 2 aromatic rings. The Kier molecular flexibility index (Phi) is 9.96. The molecular weight excluding hydrogens is 584 g/mol. The van der Waals surface area contributed by atoms with Gasteiger partial charge < -0.3 is 14.4 Å². The Bertz CT molecular complexity index is 1400. The molecule has 1 amide bonds. The topological polar surface area (TPSA) is 59.1 Å². The standard InChI is InChI=1S/C41H56N2O4/c1-29(44)28-42-26-24-41-33-21-22-34(40(41)47-39-36(46-2)23-20-32(38(39)41)27-35(33)42)43(25-12-11-18-31-15-7-4-8-16-31)37(45)19-10-9-17-30-13-5-3-6-14-30/h4,7-8,15-16,20,23,30,33-35,40H,3,5-6,9-14,17-19,21-22,24-28H2,1-2H3/t33-,34-,35+,40-,41-/m0/s1. The van der Waals surface area contributed by atoms with Crippen molar-refractivity contribution >= 4 is 11.7 Å². The van der Waals surface area contributed by atoms with Gasteiger partial charge in [-0.3, -0.25) is 14.5 Å². The summed E-state index contributed by atoms with van der Waals surface area (Å²) in [4.78, 5) is 31.4. The van der Waals surface area contributed by atoms with Gasteiger partial charge in [-0.15, -0.1) is 0 Å². The zero-order chi connectivity index (χ0) is 32.4. The lowest BCUT2D eigenvalue weighted by atomic mass is 9.51. The SMILES string of the molecule is COc1ccc2c3c1O[C@H]1[C@@H](N(CCCCc4ccccc4)C(=O)CCCCC4CCCCC4)CC[C@H]4[C@@H](C2)N(CC(C)=O)CC[C@@]341. The van der Waals surface area contributed by atoms with Crippen molar-refractivity contribution in [3.8, 4) is 11.5 Å². The van der Waals surface area contributed by atoms with Crippen LogP contribution < -0.4 is 9.47 Å². The number of carbonyl (C=O) groups is 2. The summed E-state index contributed by atoms with van der Waals surface area (Å²) in [6.45, 7) is 3.94. The molecule has 6 nitrogen and oxygen atoms in total. The van der Waals surface area contributed by atoms with Gasteiger partial charge in [0.15, 0.2) is 11.5 Å². The van der Waals surface area contributed by atoms with Gasteiger partial charge in [-0.25, -0.2) is 0 Å². The monoisotopic (exact) mass is 640 g/mol. The van der Waals surface area contributed by atoms with Gasteiger partial charge in [0.1, 0.15) is 11.9 Å². The van der Waals surface area contributed by atoms with E-state index in [0.29, 0.717) is 30.8 Å². The smallest absolute Gasteiger partial charge is 0.222 e. The van der Waals surface area contributed by atoms with Gasteiger partial charge in [-0.1, -0.05) is 81.3 Å². The van der Waals surface area contributed by atoms with Gasteiger partial charge in [0.2, 0.25) is 5.91 Å². The largest absolute Gasteiger partial charge is 0.493 e. The van der Waals surface area contributed by atoms with Gasteiger partial charge in [0, 0.05) is 30.0 Å². The zero-order valence-electron chi connectivity index (χ0n) is 28.9. The summed E-state index contributed by atoms with van der Waals surface area (Å²) in [6.07, 6.45) is 18.0. The third kappa shape index (κ3) is 6.36. The van der Waals surface area contributed by atoms with Gasteiger partial charge in [-0.05, 0) is 93.9 Å². The highest BCUT2D eigenvalue weighted by Gasteiger charge is 2.66. The molecule has 0 N–H and O–H groups in total. The van der Waals surface area contributed by atoms with Crippen molar-refractivity contribution in [3.05, 3.63) is 59.2 Å². The normalized spacial score (nSPS) is 28.0. The van der Waals surface area contributed by atoms with Crippen LogP contribution in [0, 0.1) is 11.8 Å². The predicted octanol–water partition coefficient (Wildman–Crippen LogP) is 7.68. The van der Waals surface area contributed by atoms with Gasteiger partial charge >= 0.3 is 0 Å². The number of ketones is 1. The maximum atomic E-state index is 14.3. The van der Waals surface area contributed by atoms with Crippen LogP contribution in [0.2, 0.25) is 0 Å². The van der Waals surface area contributed by atoms with E-state index in [4.69, 9.17) is 9.47 Å². The fraction of sp³-hybridized carbons (Fsp3) is 0.659. The first-order valence-electron chi connectivity index (χ1n) is 18.9. The fourth-order valence-electron chi connectivity index (χ4n) is 10.6. The minimum absolute atomic E-state index is 0.0527. The third-order valence-corrected chi connectivity index (χ3v) is 12.7. The van der Waals surface area contributed by atoms with E-state index in [1.165, 1.54) is 55.2 Å². The first-order valence-corrected chi connectivity index (χ1v) is 18.9. The lowest BCUT2D eigenvalue weighted by molar-refractivity contribution is -0.144. The number of nitrogens with zero attached hydrogens (tertiary/aromatic N) is 2. The van der Waals surface area contributed by atoms with Crippen molar-refractivity contribution in [1.29, 1.82) is 0 Å². The number of carbonyl (C=O) groups excluding carboxylic acids is 2. The van der Waals surface area contributed by atoms with Crippen LogP contribution in [-0.4, -0.2) is 66.4 Å². The molecule has 2 aliphatic heterocycles. The second-order valence-electron chi connectivity index (χ2n) is 15.4. The highest BCUT2D eigenvalue weighted by Crippen LogP contribution is 2.64. The molecule has 1 spiro atoms. The van der Waals surface area contributed by atoms with E-state index in [0.717, 1.165) is 88.3 Å². The Morgan fingerprint density at radius 1 is 0.979 bits per heavy atom. The molecule has 3 fully saturated rings. The molecule has 254 valence electrons. The highest BCUT2D eigenvalue weighted by atomic mass is 16.5. The molecule has 2 heterocycles. The summed E-state index contributed by atoms with van der Waals surface area (Å²) >= 11 is 0. The second-order valence-corrected chi connectivity index (χ2v) is 15.4. The first-order chi connectivity index (χ1) is 23.0. The number of hydrogen-bond acceptors (Lipinski definition) is 5. The van der Waals surface area contributed by atoms with E-state index in [1.54, 1.807) is 14.0 Å². The van der Waals surface area contributed by atoms with Crippen LogP contribution in [0.15, 0.2) is 42.5 Å². The number of rotatable bonds is 14. The number of amides is 1. The summed E-state index contributed by atoms with van der Waals surface area (Å²) in [5.74, 6) is 3.59. The Labute approximate surface area is 282 Å². The van der Waals surface area contributed by atoms with E-state index in [9.17, 15) is 9.59 Å². The van der Waals surface area contributed by atoms with E-state index < -0.39 is 0 Å². The molecule has 5 atom stereocenters. The van der Waals surface area contributed by atoms with E-state index >= 15 is 0 Å². The summed E-state index contributed by atoms with van der Waals surface area (Å²) in [7, 11) is 1.74. The third-order valence-electron chi connectivity index (χ3n) is 12.7. The number of ether oxygens (including phenoxy) is 2. The number of aryl methyl sites for hydroxylation is 1. The van der Waals surface area contributed by atoms with Crippen LogP contribution in [0.4, 0.5) is 0 Å². The number of benzene rings is 2. The fourth-order valence-corrected chi connectivity index (χ4v) is 10.6. The number of piperidine rings is 1. The molecule has 1 saturated heterocycles. The van der Waals surface area contributed by atoms with Crippen LogP contribution in [-0.2, 0) is 27.8 Å². The number of Topliss-reactive ketones (excluding diaryl/α,β-unsaturated/α-hetero) is 1. The zero-order valence-corrected chi connectivity index (χ0v) is 28.9. The van der Waals surface area contributed by atoms with E-state index in [2.05, 4.69) is 52.3 Å².